The first-order valence-corrected chi connectivity index (χ1v) is 7.65. The first kappa shape index (κ1) is 13.8. The van der Waals surface area contributed by atoms with Crippen LogP contribution in [-0.4, -0.2) is 9.78 Å². The van der Waals surface area contributed by atoms with E-state index in [4.69, 9.17) is 5.73 Å². The quantitative estimate of drug-likeness (QED) is 0.791. The Labute approximate surface area is 126 Å². The number of rotatable bonds is 3. The zero-order chi connectivity index (χ0) is 15.0. The standard InChI is InChI=1S/C16H16FN3S/c1-3-10-7-8-21-15(10)14-13(16(18)20(2)19-14)11-5-4-6-12(17)9-11/h4-9H,3,18H2,1-2H3. The highest BCUT2D eigenvalue weighted by Crippen LogP contribution is 2.39. The Hall–Kier alpha value is -2.14. The summed E-state index contributed by atoms with van der Waals surface area (Å²) >= 11 is 1.64. The molecule has 108 valence electrons. The molecule has 2 N–H and O–H groups in total. The van der Waals surface area contributed by atoms with Crippen LogP contribution in [0.2, 0.25) is 0 Å². The molecule has 3 nitrogen and oxygen atoms in total. The number of hydrogen-bond acceptors (Lipinski definition) is 3. The number of benzene rings is 1. The van der Waals surface area contributed by atoms with Crippen LogP contribution >= 0.6 is 11.3 Å². The van der Waals surface area contributed by atoms with E-state index >= 15 is 0 Å². The van der Waals surface area contributed by atoms with Crippen molar-refractivity contribution in [2.24, 2.45) is 7.05 Å². The van der Waals surface area contributed by atoms with Crippen LogP contribution in [-0.2, 0) is 13.5 Å². The number of aryl methyl sites for hydroxylation is 2. The first-order valence-electron chi connectivity index (χ1n) is 6.77. The maximum atomic E-state index is 13.5. The Bertz CT molecular complexity index is 789. The second-order valence-electron chi connectivity index (χ2n) is 4.87. The predicted molar refractivity (Wildman–Crippen MR) is 85.7 cm³/mol. The fourth-order valence-corrected chi connectivity index (χ4v) is 3.43. The van der Waals surface area contributed by atoms with Gasteiger partial charge in [0.15, 0.2) is 0 Å². The third kappa shape index (κ3) is 2.34. The number of aromatic nitrogens is 2. The van der Waals surface area contributed by atoms with Crippen molar-refractivity contribution in [1.29, 1.82) is 0 Å². The van der Waals surface area contributed by atoms with E-state index in [-0.39, 0.29) is 5.82 Å². The summed E-state index contributed by atoms with van der Waals surface area (Å²) in [5.74, 6) is 0.273. The number of nitrogen functional groups attached to an aromatic ring is 1. The second kappa shape index (κ2) is 5.33. The van der Waals surface area contributed by atoms with Crippen molar-refractivity contribution in [3.63, 3.8) is 0 Å². The van der Waals surface area contributed by atoms with Crippen LogP contribution in [0.25, 0.3) is 21.7 Å². The highest BCUT2D eigenvalue weighted by atomic mass is 32.1. The van der Waals surface area contributed by atoms with Crippen LogP contribution in [0.1, 0.15) is 12.5 Å². The molecule has 0 saturated carbocycles. The fraction of sp³-hybridized carbons (Fsp3) is 0.188. The smallest absolute Gasteiger partial charge is 0.129 e. The minimum atomic E-state index is -0.274. The van der Waals surface area contributed by atoms with Crippen molar-refractivity contribution < 1.29 is 4.39 Å². The molecule has 5 heteroatoms. The van der Waals surface area contributed by atoms with Gasteiger partial charge in [0.1, 0.15) is 17.3 Å². The van der Waals surface area contributed by atoms with Crippen LogP contribution in [0.4, 0.5) is 10.2 Å². The van der Waals surface area contributed by atoms with Gasteiger partial charge in [0.2, 0.25) is 0 Å². The van der Waals surface area contributed by atoms with E-state index in [2.05, 4.69) is 18.1 Å². The molecular weight excluding hydrogens is 285 g/mol. The minimum absolute atomic E-state index is 0.274. The minimum Gasteiger partial charge on any atom is -0.383 e. The third-order valence-corrected chi connectivity index (χ3v) is 4.51. The molecule has 0 bridgehead atoms. The molecule has 0 amide bonds. The normalized spacial score (nSPS) is 11.0. The number of anilines is 1. The van der Waals surface area contributed by atoms with Crippen molar-refractivity contribution >= 4 is 17.2 Å². The molecule has 0 aliphatic carbocycles. The summed E-state index contributed by atoms with van der Waals surface area (Å²) in [6, 6.07) is 8.57. The molecular formula is C16H16FN3S. The van der Waals surface area contributed by atoms with E-state index in [0.717, 1.165) is 28.1 Å². The summed E-state index contributed by atoms with van der Waals surface area (Å²) in [4.78, 5) is 1.10. The molecule has 0 fully saturated rings. The third-order valence-electron chi connectivity index (χ3n) is 3.55. The van der Waals surface area contributed by atoms with E-state index in [1.807, 2.05) is 11.4 Å². The van der Waals surface area contributed by atoms with Gasteiger partial charge in [0, 0.05) is 7.05 Å². The van der Waals surface area contributed by atoms with Gasteiger partial charge in [0.25, 0.3) is 0 Å². The van der Waals surface area contributed by atoms with E-state index in [1.165, 1.54) is 17.7 Å². The topological polar surface area (TPSA) is 43.8 Å². The van der Waals surface area contributed by atoms with Gasteiger partial charge in [-0.3, -0.25) is 4.68 Å². The molecule has 0 saturated heterocycles. The number of thiophene rings is 1. The lowest BCUT2D eigenvalue weighted by Crippen LogP contribution is -1.98. The summed E-state index contributed by atoms with van der Waals surface area (Å²) in [6.07, 6.45) is 0.928. The summed E-state index contributed by atoms with van der Waals surface area (Å²) in [6.45, 7) is 2.11. The average molecular weight is 301 g/mol. The SMILES string of the molecule is CCc1ccsc1-c1nn(C)c(N)c1-c1cccc(F)c1. The molecule has 0 atom stereocenters. The molecule has 0 spiro atoms. The maximum Gasteiger partial charge on any atom is 0.129 e. The maximum absolute atomic E-state index is 13.5. The number of nitrogens with two attached hydrogens (primary N) is 1. The van der Waals surface area contributed by atoms with Gasteiger partial charge in [-0.25, -0.2) is 4.39 Å². The molecule has 0 aliphatic rings. The van der Waals surface area contributed by atoms with E-state index in [9.17, 15) is 4.39 Å². The van der Waals surface area contributed by atoms with Gasteiger partial charge < -0.3 is 5.73 Å². The lowest BCUT2D eigenvalue weighted by atomic mass is 10.0. The fourth-order valence-electron chi connectivity index (χ4n) is 2.45. The van der Waals surface area contributed by atoms with Gasteiger partial charge in [0.05, 0.1) is 10.4 Å². The molecule has 21 heavy (non-hydrogen) atoms. The largest absolute Gasteiger partial charge is 0.383 e. The Morgan fingerprint density at radius 1 is 1.33 bits per heavy atom. The molecule has 0 aliphatic heterocycles. The molecule has 0 unspecified atom stereocenters. The van der Waals surface area contributed by atoms with Crippen molar-refractivity contribution in [3.8, 4) is 21.7 Å². The molecule has 3 rings (SSSR count). The zero-order valence-corrected chi connectivity index (χ0v) is 12.7. The van der Waals surface area contributed by atoms with Crippen molar-refractivity contribution in [2.45, 2.75) is 13.3 Å². The summed E-state index contributed by atoms with van der Waals surface area (Å²) in [7, 11) is 1.81. The molecule has 3 aromatic rings. The highest BCUT2D eigenvalue weighted by molar-refractivity contribution is 7.13. The van der Waals surface area contributed by atoms with Crippen LogP contribution in [0.15, 0.2) is 35.7 Å². The van der Waals surface area contributed by atoms with Crippen LogP contribution < -0.4 is 5.73 Å². The lowest BCUT2D eigenvalue weighted by Gasteiger charge is -2.05. The van der Waals surface area contributed by atoms with E-state index in [1.54, 1.807) is 29.1 Å². The van der Waals surface area contributed by atoms with Gasteiger partial charge in [-0.05, 0) is 41.1 Å². The average Bonchev–Trinajstić information content (AvgIpc) is 3.04. The molecule has 2 aromatic heterocycles. The Balaban J connectivity index is 2.26. The molecule has 0 radical (unpaired) electrons. The monoisotopic (exact) mass is 301 g/mol. The van der Waals surface area contributed by atoms with Crippen LogP contribution in [0, 0.1) is 5.82 Å². The summed E-state index contributed by atoms with van der Waals surface area (Å²) in [5.41, 5.74) is 9.78. The van der Waals surface area contributed by atoms with Crippen molar-refractivity contribution in [2.75, 3.05) is 5.73 Å². The van der Waals surface area contributed by atoms with Gasteiger partial charge in [-0.1, -0.05) is 19.1 Å². The second-order valence-corrected chi connectivity index (χ2v) is 5.79. The van der Waals surface area contributed by atoms with Gasteiger partial charge >= 0.3 is 0 Å². The summed E-state index contributed by atoms with van der Waals surface area (Å²) in [5, 5.41) is 6.60. The number of hydrogen-bond donors (Lipinski definition) is 1. The van der Waals surface area contributed by atoms with Crippen LogP contribution in [0.5, 0.6) is 0 Å². The van der Waals surface area contributed by atoms with E-state index < -0.39 is 0 Å². The highest BCUT2D eigenvalue weighted by Gasteiger charge is 2.20. The van der Waals surface area contributed by atoms with E-state index in [0.29, 0.717) is 5.82 Å². The Morgan fingerprint density at radius 2 is 2.14 bits per heavy atom. The molecule has 1 aromatic carbocycles. The number of halogens is 1. The zero-order valence-electron chi connectivity index (χ0n) is 11.9. The summed E-state index contributed by atoms with van der Waals surface area (Å²) < 4.78 is 15.2. The van der Waals surface area contributed by atoms with Crippen molar-refractivity contribution in [3.05, 3.63) is 47.1 Å². The lowest BCUT2D eigenvalue weighted by molar-refractivity contribution is 0.628. The van der Waals surface area contributed by atoms with Gasteiger partial charge in [-0.15, -0.1) is 11.3 Å². The number of nitrogens with zero attached hydrogens (tertiary/aromatic N) is 2. The van der Waals surface area contributed by atoms with Gasteiger partial charge in [-0.2, -0.15) is 5.10 Å². The van der Waals surface area contributed by atoms with Crippen LogP contribution in [0.3, 0.4) is 0 Å². The predicted octanol–water partition coefficient (Wildman–Crippen LogP) is 4.10. The first-order chi connectivity index (χ1) is 10.1. The van der Waals surface area contributed by atoms with Crippen molar-refractivity contribution in [1.82, 2.24) is 9.78 Å². The molecule has 2 heterocycles. The Kier molecular flexibility index (Phi) is 3.51. The Morgan fingerprint density at radius 3 is 2.86 bits per heavy atom.